The van der Waals surface area contributed by atoms with Crippen LogP contribution in [0.2, 0.25) is 0 Å². The minimum Gasteiger partial charge on any atom is -0.468 e. The molecule has 0 aliphatic heterocycles. The number of nitrogens with one attached hydrogen (secondary N) is 1. The molecule has 0 spiro atoms. The van der Waals surface area contributed by atoms with Gasteiger partial charge in [-0.1, -0.05) is 13.8 Å². The Hall–Kier alpha value is -2.05. The largest absolute Gasteiger partial charge is 0.468 e. The van der Waals surface area contributed by atoms with E-state index in [4.69, 9.17) is 4.74 Å². The molecule has 7 nitrogen and oxygen atoms in total. The van der Waals surface area contributed by atoms with Crippen LogP contribution in [0.4, 0.5) is 10.5 Å². The zero-order chi connectivity index (χ0) is 13.5. The van der Waals surface area contributed by atoms with Gasteiger partial charge in [0.15, 0.2) is 0 Å². The predicted molar refractivity (Wildman–Crippen MR) is 64.1 cm³/mol. The topological polar surface area (TPSA) is 82.5 Å². The Bertz CT molecular complexity index is 414. The molecule has 7 heteroatoms. The molecule has 100 valence electrons. The molecule has 0 aliphatic rings. The number of esters is 1. The monoisotopic (exact) mass is 255 g/mol. The lowest BCUT2D eigenvalue weighted by molar-refractivity contribution is -0.141. The zero-order valence-electron chi connectivity index (χ0n) is 10.7. The van der Waals surface area contributed by atoms with Gasteiger partial charge in [-0.25, -0.2) is 4.79 Å². The van der Waals surface area contributed by atoms with Crippen LogP contribution in [0.3, 0.4) is 0 Å². The first-order valence-electron chi connectivity index (χ1n) is 5.54. The molecule has 1 amide bonds. The Morgan fingerprint density at radius 1 is 1.50 bits per heavy atom. The first-order chi connectivity index (χ1) is 8.51. The van der Waals surface area contributed by atoms with Crippen molar-refractivity contribution in [2.75, 3.05) is 19.0 Å². The standard InChI is InChI=1S/C11H17N3O4/c1-8(2)7-18-11(16)13-9-4-12-14(5-9)6-10(15)17-3/h4-5,8H,6-7H2,1-3H3,(H,13,16). The molecule has 0 fully saturated rings. The third kappa shape index (κ3) is 4.86. The van der Waals surface area contributed by atoms with E-state index in [1.807, 2.05) is 13.8 Å². The maximum absolute atomic E-state index is 11.3. The van der Waals surface area contributed by atoms with Crippen LogP contribution in [0.1, 0.15) is 13.8 Å². The molecule has 0 radical (unpaired) electrons. The highest BCUT2D eigenvalue weighted by Gasteiger charge is 2.08. The highest BCUT2D eigenvalue weighted by molar-refractivity contribution is 5.84. The van der Waals surface area contributed by atoms with E-state index in [9.17, 15) is 9.59 Å². The molecule has 0 atom stereocenters. The van der Waals surface area contributed by atoms with Crippen molar-refractivity contribution in [1.82, 2.24) is 9.78 Å². The first-order valence-corrected chi connectivity index (χ1v) is 5.54. The van der Waals surface area contributed by atoms with Gasteiger partial charge in [-0.05, 0) is 5.92 Å². The lowest BCUT2D eigenvalue weighted by atomic mass is 10.2. The van der Waals surface area contributed by atoms with Gasteiger partial charge >= 0.3 is 12.1 Å². The van der Waals surface area contributed by atoms with Crippen molar-refractivity contribution in [2.45, 2.75) is 20.4 Å². The minimum atomic E-state index is -0.540. The van der Waals surface area contributed by atoms with Crippen LogP contribution in [-0.4, -0.2) is 35.6 Å². The normalized spacial score (nSPS) is 10.2. The molecule has 0 bridgehead atoms. The molecule has 1 rings (SSSR count). The summed E-state index contributed by atoms with van der Waals surface area (Å²) in [6, 6.07) is 0. The Labute approximate surface area is 105 Å². The van der Waals surface area contributed by atoms with Crippen molar-refractivity contribution < 1.29 is 19.1 Å². The number of hydrogen-bond donors (Lipinski definition) is 1. The van der Waals surface area contributed by atoms with E-state index in [0.717, 1.165) is 0 Å². The molecular weight excluding hydrogens is 238 g/mol. The lowest BCUT2D eigenvalue weighted by Crippen LogP contribution is -2.16. The number of hydrogen-bond acceptors (Lipinski definition) is 5. The molecule has 18 heavy (non-hydrogen) atoms. The average molecular weight is 255 g/mol. The van der Waals surface area contributed by atoms with Crippen molar-refractivity contribution in [1.29, 1.82) is 0 Å². The summed E-state index contributed by atoms with van der Waals surface area (Å²) in [6.45, 7) is 4.24. The van der Waals surface area contributed by atoms with E-state index < -0.39 is 12.1 Å². The maximum Gasteiger partial charge on any atom is 0.411 e. The fraction of sp³-hybridized carbons (Fsp3) is 0.545. The fourth-order valence-corrected chi connectivity index (χ4v) is 1.11. The van der Waals surface area contributed by atoms with Gasteiger partial charge in [-0.15, -0.1) is 0 Å². The number of amides is 1. The predicted octanol–water partition coefficient (Wildman–Crippen LogP) is 1.26. The molecule has 1 heterocycles. The number of aromatic nitrogens is 2. The number of ether oxygens (including phenoxy) is 2. The van der Waals surface area contributed by atoms with E-state index >= 15 is 0 Å². The van der Waals surface area contributed by atoms with Crippen LogP contribution in [0.25, 0.3) is 0 Å². The zero-order valence-corrected chi connectivity index (χ0v) is 10.7. The summed E-state index contributed by atoms with van der Waals surface area (Å²) in [6.07, 6.45) is 2.41. The van der Waals surface area contributed by atoms with Gasteiger partial charge in [0.2, 0.25) is 0 Å². The summed E-state index contributed by atoms with van der Waals surface area (Å²) in [5.41, 5.74) is 0.465. The van der Waals surface area contributed by atoms with Gasteiger partial charge in [0.05, 0.1) is 25.6 Å². The number of methoxy groups -OCH3 is 1. The van der Waals surface area contributed by atoms with E-state index in [2.05, 4.69) is 15.2 Å². The summed E-state index contributed by atoms with van der Waals surface area (Å²) in [5, 5.41) is 6.41. The number of carbonyl (C=O) groups is 2. The Kier molecular flexibility index (Phi) is 5.16. The molecule has 1 N–H and O–H groups in total. The second kappa shape index (κ2) is 6.63. The number of carbonyl (C=O) groups excluding carboxylic acids is 2. The number of rotatable bonds is 5. The van der Waals surface area contributed by atoms with E-state index in [-0.39, 0.29) is 12.5 Å². The summed E-state index contributed by atoms with van der Waals surface area (Å²) >= 11 is 0. The van der Waals surface area contributed by atoms with Gasteiger partial charge in [-0.3, -0.25) is 14.8 Å². The molecule has 1 aromatic heterocycles. The van der Waals surface area contributed by atoms with Crippen molar-refractivity contribution in [3.8, 4) is 0 Å². The molecule has 1 aromatic rings. The Morgan fingerprint density at radius 3 is 2.83 bits per heavy atom. The third-order valence-corrected chi connectivity index (χ3v) is 1.95. The SMILES string of the molecule is COC(=O)Cn1cc(NC(=O)OCC(C)C)cn1. The first kappa shape index (κ1) is 14.0. The summed E-state index contributed by atoms with van der Waals surface area (Å²) in [4.78, 5) is 22.3. The van der Waals surface area contributed by atoms with Crippen LogP contribution in [0, 0.1) is 5.92 Å². The summed E-state index contributed by atoms with van der Waals surface area (Å²) in [7, 11) is 1.30. The van der Waals surface area contributed by atoms with Crippen LogP contribution >= 0.6 is 0 Å². The van der Waals surface area contributed by atoms with E-state index in [1.165, 1.54) is 24.2 Å². The quantitative estimate of drug-likeness (QED) is 0.801. The van der Waals surface area contributed by atoms with Crippen molar-refractivity contribution >= 4 is 17.7 Å². The van der Waals surface area contributed by atoms with Gasteiger partial charge in [0.25, 0.3) is 0 Å². The third-order valence-electron chi connectivity index (χ3n) is 1.95. The Morgan fingerprint density at radius 2 is 2.22 bits per heavy atom. The molecule has 0 aromatic carbocycles. The maximum atomic E-state index is 11.3. The molecule has 0 saturated heterocycles. The van der Waals surface area contributed by atoms with Crippen LogP contribution < -0.4 is 5.32 Å². The van der Waals surface area contributed by atoms with E-state index in [1.54, 1.807) is 0 Å². The average Bonchev–Trinajstić information content (AvgIpc) is 2.73. The smallest absolute Gasteiger partial charge is 0.411 e. The van der Waals surface area contributed by atoms with E-state index in [0.29, 0.717) is 12.3 Å². The molecule has 0 aliphatic carbocycles. The van der Waals surface area contributed by atoms with Crippen LogP contribution in [0.5, 0.6) is 0 Å². The second-order valence-corrected chi connectivity index (χ2v) is 4.12. The molecule has 0 unspecified atom stereocenters. The molecular formula is C11H17N3O4. The number of anilines is 1. The van der Waals surface area contributed by atoms with Gasteiger partial charge < -0.3 is 9.47 Å². The second-order valence-electron chi connectivity index (χ2n) is 4.12. The van der Waals surface area contributed by atoms with Gasteiger partial charge in [0.1, 0.15) is 6.54 Å². The van der Waals surface area contributed by atoms with Crippen LogP contribution in [0.15, 0.2) is 12.4 Å². The minimum absolute atomic E-state index is 0.000772. The summed E-state index contributed by atoms with van der Waals surface area (Å²) in [5.74, 6) is -0.134. The fourth-order valence-electron chi connectivity index (χ4n) is 1.11. The Balaban J connectivity index is 2.43. The number of nitrogens with zero attached hydrogens (tertiary/aromatic N) is 2. The van der Waals surface area contributed by atoms with Crippen LogP contribution in [-0.2, 0) is 20.8 Å². The van der Waals surface area contributed by atoms with Gasteiger partial charge in [-0.2, -0.15) is 5.10 Å². The van der Waals surface area contributed by atoms with Gasteiger partial charge in [0, 0.05) is 6.20 Å². The van der Waals surface area contributed by atoms with Crippen molar-refractivity contribution in [3.63, 3.8) is 0 Å². The highest BCUT2D eigenvalue weighted by Crippen LogP contribution is 2.06. The molecule has 0 saturated carbocycles. The lowest BCUT2D eigenvalue weighted by Gasteiger charge is -2.06. The van der Waals surface area contributed by atoms with Crippen molar-refractivity contribution in [2.24, 2.45) is 5.92 Å². The highest BCUT2D eigenvalue weighted by atomic mass is 16.5. The summed E-state index contributed by atoms with van der Waals surface area (Å²) < 4.78 is 10.8. The van der Waals surface area contributed by atoms with Crippen molar-refractivity contribution in [3.05, 3.63) is 12.4 Å².